The number of halogens is 6. The number of nitrogens with zero attached hydrogens (tertiary/aromatic N) is 3. The largest absolute Gasteiger partial charge is 0.490 e. The molecular formula is C21H26F6N4O6. The molecule has 1 amide bonds. The van der Waals surface area contributed by atoms with Gasteiger partial charge in [0.05, 0.1) is 13.7 Å². The van der Waals surface area contributed by atoms with Crippen LogP contribution in [0.4, 0.5) is 26.3 Å². The number of benzene rings is 1. The fraction of sp³-hybridized carbons (Fsp3) is 0.571. The number of carbonyl (C=O) groups excluding carboxylic acids is 2. The number of alkyl halides is 6. The van der Waals surface area contributed by atoms with E-state index in [9.17, 15) is 35.9 Å². The lowest BCUT2D eigenvalue weighted by molar-refractivity contribution is -0.192. The van der Waals surface area contributed by atoms with Crippen molar-refractivity contribution in [2.75, 3.05) is 34.4 Å². The number of nitrogens with one attached hydrogen (secondary N) is 1. The van der Waals surface area contributed by atoms with Gasteiger partial charge in [-0.05, 0) is 26.6 Å². The molecule has 0 aliphatic carbocycles. The molecule has 0 radical (unpaired) electrons. The average Bonchev–Trinajstić information content (AvgIpc) is 3.60. The van der Waals surface area contributed by atoms with E-state index in [1.807, 2.05) is 19.0 Å². The normalized spacial score (nSPS) is 15.8. The topological polar surface area (TPSA) is 130 Å². The van der Waals surface area contributed by atoms with Crippen molar-refractivity contribution in [3.63, 3.8) is 0 Å². The highest BCUT2D eigenvalue weighted by Crippen LogP contribution is 2.52. The van der Waals surface area contributed by atoms with Gasteiger partial charge < -0.3 is 24.8 Å². The highest BCUT2D eigenvalue weighted by atomic mass is 19.4. The highest BCUT2D eigenvalue weighted by molar-refractivity contribution is 5.86. The van der Waals surface area contributed by atoms with Crippen LogP contribution < -0.4 is 5.32 Å². The van der Waals surface area contributed by atoms with Gasteiger partial charge in [-0.2, -0.15) is 26.3 Å². The number of carboxylic acids is 1. The summed E-state index contributed by atoms with van der Waals surface area (Å²) in [6, 6.07) is 4.37. The van der Waals surface area contributed by atoms with Crippen LogP contribution in [-0.2, 0) is 35.9 Å². The molecule has 0 fully saturated rings. The summed E-state index contributed by atoms with van der Waals surface area (Å²) >= 11 is 0. The number of carboxylic acid groups (broad SMARTS) is 1. The van der Waals surface area contributed by atoms with Crippen LogP contribution in [0.2, 0.25) is 0 Å². The Labute approximate surface area is 207 Å². The van der Waals surface area contributed by atoms with Crippen LogP contribution in [0.1, 0.15) is 18.1 Å². The molecule has 10 nitrogen and oxygen atoms in total. The summed E-state index contributed by atoms with van der Waals surface area (Å²) in [4.78, 5) is 35.2. The maximum Gasteiger partial charge on any atom is 0.490 e. The Morgan fingerprint density at radius 3 is 1.97 bits per heavy atom. The van der Waals surface area contributed by atoms with Crippen LogP contribution >= 0.6 is 0 Å². The first-order chi connectivity index (χ1) is 16.9. The smallest absolute Gasteiger partial charge is 0.475 e. The van der Waals surface area contributed by atoms with Crippen molar-refractivity contribution in [2.45, 2.75) is 43.5 Å². The van der Waals surface area contributed by atoms with Gasteiger partial charge in [-0.25, -0.2) is 9.59 Å². The second-order valence-electron chi connectivity index (χ2n) is 7.97. The predicted molar refractivity (Wildman–Crippen MR) is 114 cm³/mol. The monoisotopic (exact) mass is 544 g/mol. The summed E-state index contributed by atoms with van der Waals surface area (Å²) < 4.78 is 81.2. The standard InChI is InChI=1S/C19H25F3N4O4.C2HF3O2/c1-12(30-10-9-26(2)3)16(27)23-15(17(28)29-4)11-13-5-7-14(8-6-13)18(24-25-18)19(20,21)22;3-2(4,5)1(6)7/h5-8,12,15H,9-11H2,1-4H3,(H,23,27);(H,6,7)/t12-,15?;/m1./s1. The van der Waals surface area contributed by atoms with Crippen LogP contribution in [0.5, 0.6) is 0 Å². The average molecular weight is 544 g/mol. The van der Waals surface area contributed by atoms with Crippen LogP contribution in [0.15, 0.2) is 34.5 Å². The molecule has 208 valence electrons. The van der Waals surface area contributed by atoms with Crippen LogP contribution in [-0.4, -0.2) is 86.7 Å². The summed E-state index contributed by atoms with van der Waals surface area (Å²) in [6.07, 6.45) is -10.4. The van der Waals surface area contributed by atoms with Crippen LogP contribution in [0.25, 0.3) is 0 Å². The Balaban J connectivity index is 0.000000856. The molecule has 1 aliphatic heterocycles. The first-order valence-corrected chi connectivity index (χ1v) is 10.5. The predicted octanol–water partition coefficient (Wildman–Crippen LogP) is 2.67. The second-order valence-corrected chi connectivity index (χ2v) is 7.97. The van der Waals surface area contributed by atoms with Gasteiger partial charge in [0.1, 0.15) is 12.1 Å². The molecule has 1 unspecified atom stereocenters. The highest BCUT2D eigenvalue weighted by Gasteiger charge is 2.65. The molecule has 16 heteroatoms. The fourth-order valence-electron chi connectivity index (χ4n) is 2.66. The van der Waals surface area contributed by atoms with Crippen molar-refractivity contribution in [1.82, 2.24) is 10.2 Å². The summed E-state index contributed by atoms with van der Waals surface area (Å²) in [7, 11) is 4.92. The summed E-state index contributed by atoms with van der Waals surface area (Å²) in [5.41, 5.74) is -2.07. The minimum Gasteiger partial charge on any atom is -0.475 e. The maximum atomic E-state index is 13.1. The van der Waals surface area contributed by atoms with Gasteiger partial charge in [0.2, 0.25) is 5.91 Å². The Kier molecular flexibility index (Phi) is 11.0. The third-order valence-corrected chi connectivity index (χ3v) is 4.81. The molecule has 1 aromatic carbocycles. The number of esters is 1. The Bertz CT molecular complexity index is 960. The van der Waals surface area contributed by atoms with Crippen molar-refractivity contribution >= 4 is 17.8 Å². The van der Waals surface area contributed by atoms with E-state index < -0.39 is 48.0 Å². The zero-order chi connectivity index (χ0) is 28.6. The number of rotatable bonds is 10. The van der Waals surface area contributed by atoms with Gasteiger partial charge >= 0.3 is 30.0 Å². The van der Waals surface area contributed by atoms with Crippen molar-refractivity contribution < 1.29 is 55.3 Å². The zero-order valence-electron chi connectivity index (χ0n) is 20.2. The van der Waals surface area contributed by atoms with E-state index in [-0.39, 0.29) is 12.0 Å². The minimum absolute atomic E-state index is 0.0381. The number of amides is 1. The lowest BCUT2D eigenvalue weighted by Crippen LogP contribution is -2.47. The molecule has 2 rings (SSSR count). The van der Waals surface area contributed by atoms with Crippen LogP contribution in [0, 0.1) is 0 Å². The van der Waals surface area contributed by atoms with Gasteiger partial charge in [0, 0.05) is 18.5 Å². The maximum absolute atomic E-state index is 13.1. The van der Waals surface area contributed by atoms with E-state index in [0.717, 1.165) is 0 Å². The quantitative estimate of drug-likeness (QED) is 0.342. The van der Waals surface area contributed by atoms with E-state index >= 15 is 0 Å². The van der Waals surface area contributed by atoms with Crippen molar-refractivity contribution in [2.24, 2.45) is 10.2 Å². The molecule has 0 saturated heterocycles. The molecule has 1 aromatic rings. The lowest BCUT2D eigenvalue weighted by Gasteiger charge is -2.20. The fourth-order valence-corrected chi connectivity index (χ4v) is 2.66. The van der Waals surface area contributed by atoms with Gasteiger partial charge in [-0.3, -0.25) is 4.79 Å². The van der Waals surface area contributed by atoms with Gasteiger partial charge in [-0.1, -0.05) is 24.3 Å². The number of ether oxygens (including phenoxy) is 2. The van der Waals surface area contributed by atoms with Gasteiger partial charge in [0.25, 0.3) is 0 Å². The van der Waals surface area contributed by atoms with Crippen molar-refractivity contribution in [1.29, 1.82) is 0 Å². The van der Waals surface area contributed by atoms with E-state index in [1.165, 1.54) is 31.4 Å². The van der Waals surface area contributed by atoms with Crippen molar-refractivity contribution in [3.8, 4) is 0 Å². The molecule has 37 heavy (non-hydrogen) atoms. The van der Waals surface area contributed by atoms with Gasteiger partial charge in [0.15, 0.2) is 0 Å². The lowest BCUT2D eigenvalue weighted by atomic mass is 9.98. The number of aliphatic carboxylic acids is 1. The Morgan fingerprint density at radius 2 is 1.59 bits per heavy atom. The van der Waals surface area contributed by atoms with E-state index in [2.05, 4.69) is 15.5 Å². The number of likely N-dealkylation sites (N-methyl/N-ethyl adjacent to an activating group) is 1. The zero-order valence-corrected chi connectivity index (χ0v) is 20.2. The second kappa shape index (κ2) is 12.8. The molecule has 2 atom stereocenters. The number of hydrogen-bond acceptors (Lipinski definition) is 8. The Morgan fingerprint density at radius 1 is 1.08 bits per heavy atom. The third kappa shape index (κ3) is 9.60. The molecule has 0 bridgehead atoms. The number of carbonyl (C=O) groups is 3. The molecule has 2 N–H and O–H groups in total. The minimum atomic E-state index is -5.08. The van der Waals surface area contributed by atoms with Crippen molar-refractivity contribution in [3.05, 3.63) is 35.4 Å². The first kappa shape index (κ1) is 31.8. The number of hydrogen-bond donors (Lipinski definition) is 2. The van der Waals surface area contributed by atoms with E-state index in [4.69, 9.17) is 19.4 Å². The SMILES string of the molecule is COC(=O)C(Cc1ccc(C2(C(F)(F)F)N=N2)cc1)NC(=O)[C@@H](C)OCCN(C)C.O=C(O)C(F)(F)F. The summed E-state index contributed by atoms with van der Waals surface area (Å²) in [5.74, 6) is -3.92. The molecule has 0 saturated carbocycles. The molecule has 0 aromatic heterocycles. The first-order valence-electron chi connectivity index (χ1n) is 10.5. The molecular weight excluding hydrogens is 518 g/mol. The van der Waals surface area contributed by atoms with Crippen LogP contribution in [0.3, 0.4) is 0 Å². The summed E-state index contributed by atoms with van der Waals surface area (Å²) in [5, 5.41) is 16.0. The molecule has 1 heterocycles. The molecule has 1 aliphatic rings. The van der Waals surface area contributed by atoms with Gasteiger partial charge in [-0.15, -0.1) is 10.2 Å². The molecule has 0 spiro atoms. The third-order valence-electron chi connectivity index (χ3n) is 4.81. The van der Waals surface area contributed by atoms with E-state index in [1.54, 1.807) is 6.92 Å². The van der Waals surface area contributed by atoms with E-state index in [0.29, 0.717) is 18.7 Å². The Hall–Kier alpha value is -3.27. The number of methoxy groups -OCH3 is 1. The summed E-state index contributed by atoms with van der Waals surface area (Å²) in [6.45, 7) is 2.53.